The number of hydrogen-bond donors (Lipinski definition) is 1. The molecule has 0 bridgehead atoms. The Morgan fingerprint density at radius 3 is 2.75 bits per heavy atom. The van der Waals surface area contributed by atoms with Crippen LogP contribution in [0.15, 0.2) is 48.0 Å². The lowest BCUT2D eigenvalue weighted by Gasteiger charge is -2.18. The van der Waals surface area contributed by atoms with E-state index in [2.05, 4.69) is 5.32 Å². The molecule has 0 aromatic heterocycles. The van der Waals surface area contributed by atoms with E-state index < -0.39 is 5.97 Å². The van der Waals surface area contributed by atoms with E-state index in [9.17, 15) is 9.59 Å². The van der Waals surface area contributed by atoms with Gasteiger partial charge in [0.25, 0.3) is 5.91 Å². The molecule has 0 unspecified atom stereocenters. The lowest BCUT2D eigenvalue weighted by atomic mass is 10.1. The van der Waals surface area contributed by atoms with Gasteiger partial charge < -0.3 is 14.8 Å². The first-order valence-corrected chi connectivity index (χ1v) is 7.51. The number of ether oxygens (including phenoxy) is 2. The van der Waals surface area contributed by atoms with Crippen LogP contribution in [-0.4, -0.2) is 25.6 Å². The van der Waals surface area contributed by atoms with Gasteiger partial charge in [0.1, 0.15) is 12.4 Å². The minimum absolute atomic E-state index is 0.207. The van der Waals surface area contributed by atoms with E-state index in [1.165, 1.54) is 7.11 Å². The average molecular weight is 323 g/mol. The molecule has 24 heavy (non-hydrogen) atoms. The molecule has 0 fully saturated rings. The van der Waals surface area contributed by atoms with Crippen LogP contribution in [0.25, 0.3) is 6.08 Å². The Bertz CT molecular complexity index is 839. The highest BCUT2D eigenvalue weighted by atomic mass is 16.5. The number of hydrogen-bond acceptors (Lipinski definition) is 4. The number of esters is 1. The summed E-state index contributed by atoms with van der Waals surface area (Å²) in [4.78, 5) is 24.1. The number of methoxy groups -OCH3 is 1. The molecule has 1 aliphatic heterocycles. The monoisotopic (exact) mass is 323 g/mol. The third kappa shape index (κ3) is 3.15. The van der Waals surface area contributed by atoms with Crippen molar-refractivity contribution >= 4 is 23.6 Å². The molecule has 1 heterocycles. The van der Waals surface area contributed by atoms with E-state index in [0.717, 1.165) is 16.9 Å². The van der Waals surface area contributed by atoms with Gasteiger partial charge in [-0.15, -0.1) is 0 Å². The van der Waals surface area contributed by atoms with E-state index >= 15 is 0 Å². The first kappa shape index (κ1) is 15.8. The number of amides is 1. The summed E-state index contributed by atoms with van der Waals surface area (Å²) in [7, 11) is 1.32. The summed E-state index contributed by atoms with van der Waals surface area (Å²) in [6.45, 7) is 2.07. The molecule has 1 N–H and O–H groups in total. The molecule has 2 aromatic carbocycles. The van der Waals surface area contributed by atoms with Gasteiger partial charge in [0.15, 0.2) is 0 Å². The Hall–Kier alpha value is -3.08. The molecule has 122 valence electrons. The van der Waals surface area contributed by atoms with Crippen LogP contribution in [0.5, 0.6) is 5.75 Å². The molecular weight excluding hydrogens is 306 g/mol. The van der Waals surface area contributed by atoms with Crippen LogP contribution in [0.3, 0.4) is 0 Å². The van der Waals surface area contributed by atoms with Gasteiger partial charge in [-0.1, -0.05) is 24.3 Å². The summed E-state index contributed by atoms with van der Waals surface area (Å²) in [5.41, 5.74) is 3.21. The fourth-order valence-electron chi connectivity index (χ4n) is 2.45. The van der Waals surface area contributed by atoms with Crippen LogP contribution in [0, 0.1) is 6.92 Å². The van der Waals surface area contributed by atoms with Crippen molar-refractivity contribution in [2.75, 3.05) is 19.0 Å². The smallest absolute Gasteiger partial charge is 0.337 e. The highest BCUT2D eigenvalue weighted by Gasteiger charge is 2.18. The first-order chi connectivity index (χ1) is 11.6. The van der Waals surface area contributed by atoms with Gasteiger partial charge in [0, 0.05) is 11.3 Å². The first-order valence-electron chi connectivity index (χ1n) is 7.51. The molecule has 0 spiro atoms. The zero-order chi connectivity index (χ0) is 17.1. The molecule has 0 radical (unpaired) electrons. The zero-order valence-electron chi connectivity index (χ0n) is 13.5. The second kappa shape index (κ2) is 6.58. The fraction of sp³-hybridized carbons (Fsp3) is 0.158. The SMILES string of the molecule is COC(=O)c1ccc(C)c(NC(=O)C2=Cc3ccccc3OC2)c1. The third-order valence-corrected chi connectivity index (χ3v) is 3.83. The molecule has 2 aromatic rings. The summed E-state index contributed by atoms with van der Waals surface area (Å²) in [5.74, 6) is 0.0622. The lowest BCUT2D eigenvalue weighted by Crippen LogP contribution is -2.21. The minimum atomic E-state index is -0.445. The third-order valence-electron chi connectivity index (χ3n) is 3.83. The van der Waals surface area contributed by atoms with E-state index in [1.54, 1.807) is 18.2 Å². The number of fused-ring (bicyclic) bond motifs is 1. The average Bonchev–Trinajstić information content (AvgIpc) is 2.62. The lowest BCUT2D eigenvalue weighted by molar-refractivity contribution is -0.113. The summed E-state index contributed by atoms with van der Waals surface area (Å²) in [6.07, 6.45) is 1.81. The largest absolute Gasteiger partial charge is 0.488 e. The van der Waals surface area contributed by atoms with Crippen molar-refractivity contribution in [2.24, 2.45) is 0 Å². The van der Waals surface area contributed by atoms with E-state index in [4.69, 9.17) is 9.47 Å². The summed E-state index contributed by atoms with van der Waals surface area (Å²) >= 11 is 0. The van der Waals surface area contributed by atoms with E-state index in [1.807, 2.05) is 37.3 Å². The van der Waals surface area contributed by atoms with Crippen molar-refractivity contribution in [2.45, 2.75) is 6.92 Å². The number of para-hydroxylation sites is 1. The number of anilines is 1. The summed E-state index contributed by atoms with van der Waals surface area (Å²) in [5, 5.41) is 2.84. The molecule has 0 saturated carbocycles. The molecule has 0 aliphatic carbocycles. The van der Waals surface area contributed by atoms with Crippen molar-refractivity contribution in [1.82, 2.24) is 0 Å². The number of benzene rings is 2. The van der Waals surface area contributed by atoms with Crippen LogP contribution in [0.4, 0.5) is 5.69 Å². The van der Waals surface area contributed by atoms with E-state index in [0.29, 0.717) is 16.8 Å². The molecule has 1 amide bonds. The number of rotatable bonds is 3. The van der Waals surface area contributed by atoms with Crippen molar-refractivity contribution in [3.8, 4) is 5.75 Å². The molecular formula is C19H17NO4. The fourth-order valence-corrected chi connectivity index (χ4v) is 2.45. The van der Waals surface area contributed by atoms with Gasteiger partial charge in [-0.2, -0.15) is 0 Å². The van der Waals surface area contributed by atoms with Crippen molar-refractivity contribution in [3.05, 3.63) is 64.7 Å². The Kier molecular flexibility index (Phi) is 4.33. The van der Waals surface area contributed by atoms with Crippen LogP contribution in [0.1, 0.15) is 21.5 Å². The van der Waals surface area contributed by atoms with Gasteiger partial charge in [0.2, 0.25) is 0 Å². The highest BCUT2D eigenvalue weighted by molar-refractivity contribution is 6.08. The molecule has 0 atom stereocenters. The Labute approximate surface area is 139 Å². The quantitative estimate of drug-likeness (QED) is 0.881. The molecule has 3 rings (SSSR count). The summed E-state index contributed by atoms with van der Waals surface area (Å²) < 4.78 is 10.3. The van der Waals surface area contributed by atoms with Crippen molar-refractivity contribution in [3.63, 3.8) is 0 Å². The maximum atomic E-state index is 12.5. The van der Waals surface area contributed by atoms with Crippen molar-refractivity contribution in [1.29, 1.82) is 0 Å². The van der Waals surface area contributed by atoms with Gasteiger partial charge in [-0.25, -0.2) is 4.79 Å². The second-order valence-electron chi connectivity index (χ2n) is 5.47. The Balaban J connectivity index is 1.83. The van der Waals surface area contributed by atoms with Gasteiger partial charge in [0.05, 0.1) is 18.2 Å². The Morgan fingerprint density at radius 1 is 1.17 bits per heavy atom. The predicted molar refractivity (Wildman–Crippen MR) is 91.1 cm³/mol. The highest BCUT2D eigenvalue weighted by Crippen LogP contribution is 2.26. The number of carbonyl (C=O) groups is 2. The van der Waals surface area contributed by atoms with Gasteiger partial charge in [-0.3, -0.25) is 4.79 Å². The van der Waals surface area contributed by atoms with Crippen LogP contribution >= 0.6 is 0 Å². The molecule has 0 saturated heterocycles. The normalized spacial score (nSPS) is 12.5. The number of carbonyl (C=O) groups excluding carboxylic acids is 2. The number of nitrogens with one attached hydrogen (secondary N) is 1. The standard InChI is InChI=1S/C19H17NO4/c1-12-7-8-14(19(22)23-2)10-16(12)20-18(21)15-9-13-5-3-4-6-17(13)24-11-15/h3-10H,11H2,1-2H3,(H,20,21). The maximum Gasteiger partial charge on any atom is 0.337 e. The van der Waals surface area contributed by atoms with Crippen LogP contribution in [0.2, 0.25) is 0 Å². The molecule has 1 aliphatic rings. The van der Waals surface area contributed by atoms with Gasteiger partial charge >= 0.3 is 5.97 Å². The van der Waals surface area contributed by atoms with Crippen molar-refractivity contribution < 1.29 is 19.1 Å². The topological polar surface area (TPSA) is 64.6 Å². The van der Waals surface area contributed by atoms with Gasteiger partial charge in [-0.05, 0) is 36.8 Å². The van der Waals surface area contributed by atoms with E-state index in [-0.39, 0.29) is 12.5 Å². The number of aryl methyl sites for hydroxylation is 1. The second-order valence-corrected chi connectivity index (χ2v) is 5.47. The Morgan fingerprint density at radius 2 is 1.96 bits per heavy atom. The molecule has 5 heteroatoms. The zero-order valence-corrected chi connectivity index (χ0v) is 13.5. The maximum absolute atomic E-state index is 12.5. The summed E-state index contributed by atoms with van der Waals surface area (Å²) in [6, 6.07) is 12.6. The minimum Gasteiger partial charge on any atom is -0.488 e. The van der Waals surface area contributed by atoms with Crippen LogP contribution < -0.4 is 10.1 Å². The predicted octanol–water partition coefficient (Wildman–Crippen LogP) is 3.20. The van der Waals surface area contributed by atoms with Crippen LogP contribution in [-0.2, 0) is 9.53 Å². The molecule has 5 nitrogen and oxygen atoms in total.